The maximum absolute atomic E-state index is 11.6. The number of aromatic nitrogens is 2. The van der Waals surface area contributed by atoms with E-state index in [1.54, 1.807) is 11.6 Å². The molecule has 0 fully saturated rings. The molecule has 0 saturated carbocycles. The van der Waals surface area contributed by atoms with E-state index >= 15 is 0 Å². The summed E-state index contributed by atoms with van der Waals surface area (Å²) >= 11 is 0. The quantitative estimate of drug-likeness (QED) is 0.784. The van der Waals surface area contributed by atoms with Gasteiger partial charge in [0.2, 0.25) is 0 Å². The monoisotopic (exact) mass is 308 g/mol. The van der Waals surface area contributed by atoms with Crippen LogP contribution in [0.15, 0.2) is 60.7 Å². The first-order valence-electron chi connectivity index (χ1n) is 7.22. The highest BCUT2D eigenvalue weighted by molar-refractivity contribution is 5.90. The van der Waals surface area contributed by atoms with Gasteiger partial charge in [-0.05, 0) is 31.2 Å². The van der Waals surface area contributed by atoms with E-state index in [2.05, 4.69) is 5.10 Å². The molecule has 0 amide bonds. The summed E-state index contributed by atoms with van der Waals surface area (Å²) in [4.78, 5) is 11.6. The minimum atomic E-state index is -1.00. The predicted octanol–water partition coefficient (Wildman–Crippen LogP) is 3.46. The number of hydrogen-bond acceptors (Lipinski definition) is 3. The van der Waals surface area contributed by atoms with Crippen LogP contribution >= 0.6 is 0 Å². The van der Waals surface area contributed by atoms with Crippen LogP contribution in [0.5, 0.6) is 5.75 Å². The predicted molar refractivity (Wildman–Crippen MR) is 86.0 cm³/mol. The summed E-state index contributed by atoms with van der Waals surface area (Å²) in [6, 6.07) is 18.7. The second kappa shape index (κ2) is 6.36. The minimum Gasteiger partial charge on any atom is -0.487 e. The fraction of sp³-hybridized carbons (Fsp3) is 0.111. The van der Waals surface area contributed by atoms with Crippen molar-refractivity contribution in [2.24, 2.45) is 0 Å². The van der Waals surface area contributed by atoms with E-state index in [9.17, 15) is 9.90 Å². The Balaban J connectivity index is 2.00. The summed E-state index contributed by atoms with van der Waals surface area (Å²) in [5.41, 5.74) is 1.97. The molecule has 0 atom stereocenters. The molecule has 0 aliphatic heterocycles. The molecule has 116 valence electrons. The lowest BCUT2D eigenvalue weighted by Gasteiger charge is -2.10. The summed E-state index contributed by atoms with van der Waals surface area (Å²) in [7, 11) is 0. The third-order valence-electron chi connectivity index (χ3n) is 3.49. The first-order valence-corrected chi connectivity index (χ1v) is 7.22. The van der Waals surface area contributed by atoms with E-state index in [1.807, 2.05) is 60.7 Å². The molecule has 3 rings (SSSR count). The lowest BCUT2D eigenvalue weighted by Crippen LogP contribution is -2.10. The number of carboxylic acid groups (broad SMARTS) is 1. The van der Waals surface area contributed by atoms with Crippen LogP contribution in [0.4, 0.5) is 0 Å². The van der Waals surface area contributed by atoms with Gasteiger partial charge in [-0.1, -0.05) is 36.4 Å². The van der Waals surface area contributed by atoms with Crippen molar-refractivity contribution < 1.29 is 14.6 Å². The number of aromatic carboxylic acids is 1. The highest BCUT2D eigenvalue weighted by Crippen LogP contribution is 2.21. The van der Waals surface area contributed by atoms with Gasteiger partial charge >= 0.3 is 5.97 Å². The zero-order chi connectivity index (χ0) is 16.2. The van der Waals surface area contributed by atoms with Gasteiger partial charge in [0.15, 0.2) is 0 Å². The van der Waals surface area contributed by atoms with Crippen LogP contribution in [0.3, 0.4) is 0 Å². The smallest absolute Gasteiger partial charge is 0.339 e. The maximum atomic E-state index is 11.6. The standard InChI is InChI=1S/C18H16N2O3/c1-13-17(18(21)22)16(12-23-15-10-6-3-7-11-15)20(19-13)14-8-4-2-5-9-14/h2-11H,12H2,1H3,(H,21,22). The molecule has 1 N–H and O–H groups in total. The Kier molecular flexibility index (Phi) is 4.10. The van der Waals surface area contributed by atoms with Crippen LogP contribution in [-0.4, -0.2) is 20.9 Å². The van der Waals surface area contributed by atoms with Crippen molar-refractivity contribution in [1.82, 2.24) is 9.78 Å². The van der Waals surface area contributed by atoms with Gasteiger partial charge < -0.3 is 9.84 Å². The Hall–Kier alpha value is -3.08. The fourth-order valence-corrected chi connectivity index (χ4v) is 2.44. The minimum absolute atomic E-state index is 0.126. The maximum Gasteiger partial charge on any atom is 0.339 e. The average molecular weight is 308 g/mol. The Labute approximate surface area is 133 Å². The average Bonchev–Trinajstić information content (AvgIpc) is 2.91. The van der Waals surface area contributed by atoms with E-state index in [1.165, 1.54) is 0 Å². The largest absolute Gasteiger partial charge is 0.487 e. The highest BCUT2D eigenvalue weighted by Gasteiger charge is 2.22. The van der Waals surface area contributed by atoms with Crippen molar-refractivity contribution in [2.75, 3.05) is 0 Å². The number of aryl methyl sites for hydroxylation is 1. The van der Waals surface area contributed by atoms with Gasteiger partial charge in [0, 0.05) is 0 Å². The van der Waals surface area contributed by atoms with Crippen molar-refractivity contribution in [3.8, 4) is 11.4 Å². The highest BCUT2D eigenvalue weighted by atomic mass is 16.5. The normalized spacial score (nSPS) is 10.5. The molecule has 0 aliphatic rings. The molecule has 0 aliphatic carbocycles. The third kappa shape index (κ3) is 3.08. The Morgan fingerprint density at radius 2 is 1.70 bits per heavy atom. The third-order valence-corrected chi connectivity index (χ3v) is 3.49. The van der Waals surface area contributed by atoms with Gasteiger partial charge in [0.1, 0.15) is 17.9 Å². The molecule has 5 nitrogen and oxygen atoms in total. The summed E-state index contributed by atoms with van der Waals surface area (Å²) in [5.74, 6) is -0.321. The summed E-state index contributed by atoms with van der Waals surface area (Å²) in [6.45, 7) is 1.82. The SMILES string of the molecule is Cc1nn(-c2ccccc2)c(COc2ccccc2)c1C(=O)O. The van der Waals surface area contributed by atoms with E-state index in [0.717, 1.165) is 5.69 Å². The zero-order valence-electron chi connectivity index (χ0n) is 12.6. The Morgan fingerprint density at radius 3 is 2.30 bits per heavy atom. The first-order chi connectivity index (χ1) is 11.2. The van der Waals surface area contributed by atoms with Crippen molar-refractivity contribution in [2.45, 2.75) is 13.5 Å². The van der Waals surface area contributed by atoms with E-state index in [-0.39, 0.29) is 12.2 Å². The zero-order valence-corrected chi connectivity index (χ0v) is 12.6. The van der Waals surface area contributed by atoms with Gasteiger partial charge in [-0.3, -0.25) is 0 Å². The molecule has 5 heteroatoms. The topological polar surface area (TPSA) is 64.4 Å². The second-order valence-electron chi connectivity index (χ2n) is 5.06. The Bertz CT molecular complexity index is 811. The molecule has 0 unspecified atom stereocenters. The number of hydrogen-bond donors (Lipinski definition) is 1. The van der Waals surface area contributed by atoms with Gasteiger partial charge in [-0.25, -0.2) is 9.48 Å². The van der Waals surface area contributed by atoms with E-state index < -0.39 is 5.97 Å². The number of para-hydroxylation sites is 2. The molecule has 3 aromatic rings. The number of ether oxygens (including phenoxy) is 1. The number of carboxylic acids is 1. The molecule has 0 saturated heterocycles. The van der Waals surface area contributed by atoms with Crippen molar-refractivity contribution >= 4 is 5.97 Å². The molecule has 0 bridgehead atoms. The molecule has 0 spiro atoms. The van der Waals surface area contributed by atoms with Crippen LogP contribution in [0.25, 0.3) is 5.69 Å². The van der Waals surface area contributed by atoms with Crippen molar-refractivity contribution in [1.29, 1.82) is 0 Å². The molecule has 1 heterocycles. The number of carbonyl (C=O) groups is 1. The van der Waals surface area contributed by atoms with Gasteiger partial charge in [-0.2, -0.15) is 5.10 Å². The summed E-state index contributed by atoms with van der Waals surface area (Å²) in [5, 5.41) is 13.9. The van der Waals surface area contributed by atoms with Gasteiger partial charge in [-0.15, -0.1) is 0 Å². The number of nitrogens with zero attached hydrogens (tertiary/aromatic N) is 2. The molecular formula is C18H16N2O3. The molecule has 1 aromatic heterocycles. The van der Waals surface area contributed by atoms with Gasteiger partial charge in [0.05, 0.1) is 17.1 Å². The van der Waals surface area contributed by atoms with E-state index in [4.69, 9.17) is 4.74 Å². The van der Waals surface area contributed by atoms with Crippen LogP contribution in [0.1, 0.15) is 21.7 Å². The van der Waals surface area contributed by atoms with Crippen LogP contribution in [-0.2, 0) is 6.61 Å². The number of rotatable bonds is 5. The molecule has 23 heavy (non-hydrogen) atoms. The second-order valence-corrected chi connectivity index (χ2v) is 5.06. The van der Waals surface area contributed by atoms with Crippen molar-refractivity contribution in [3.63, 3.8) is 0 Å². The molecule has 0 radical (unpaired) electrons. The summed E-state index contributed by atoms with van der Waals surface area (Å²) in [6.07, 6.45) is 0. The molecular weight excluding hydrogens is 292 g/mol. The lowest BCUT2D eigenvalue weighted by molar-refractivity contribution is 0.0693. The Morgan fingerprint density at radius 1 is 1.09 bits per heavy atom. The molecule has 2 aromatic carbocycles. The summed E-state index contributed by atoms with van der Waals surface area (Å²) < 4.78 is 7.36. The van der Waals surface area contributed by atoms with Crippen LogP contribution in [0, 0.1) is 6.92 Å². The van der Waals surface area contributed by atoms with E-state index in [0.29, 0.717) is 17.1 Å². The van der Waals surface area contributed by atoms with Crippen molar-refractivity contribution in [3.05, 3.63) is 77.6 Å². The van der Waals surface area contributed by atoms with Crippen LogP contribution in [0.2, 0.25) is 0 Å². The first kappa shape index (κ1) is 14.8. The van der Waals surface area contributed by atoms with Crippen LogP contribution < -0.4 is 4.74 Å². The van der Waals surface area contributed by atoms with Gasteiger partial charge in [0.25, 0.3) is 0 Å². The fourth-order valence-electron chi connectivity index (χ4n) is 2.44. The number of benzene rings is 2. The lowest BCUT2D eigenvalue weighted by atomic mass is 10.2.